The van der Waals surface area contributed by atoms with Crippen LogP contribution >= 0.6 is 23.2 Å². The average Bonchev–Trinajstić information content (AvgIpc) is 2.37. The van der Waals surface area contributed by atoms with E-state index in [2.05, 4.69) is 5.43 Å². The molecule has 2 nitrogen and oxygen atoms in total. The predicted octanol–water partition coefficient (Wildman–Crippen LogP) is 3.99. The van der Waals surface area contributed by atoms with E-state index in [0.717, 1.165) is 5.56 Å². The Bertz CT molecular complexity index is 582. The van der Waals surface area contributed by atoms with E-state index in [4.69, 9.17) is 29.0 Å². The van der Waals surface area contributed by atoms with Crippen LogP contribution in [0, 0.1) is 12.7 Å². The van der Waals surface area contributed by atoms with Crippen molar-refractivity contribution < 1.29 is 4.39 Å². The Morgan fingerprint density at radius 2 is 1.79 bits per heavy atom. The number of rotatable bonds is 3. The quantitative estimate of drug-likeness (QED) is 0.664. The van der Waals surface area contributed by atoms with Gasteiger partial charge in [0.2, 0.25) is 0 Å². The van der Waals surface area contributed by atoms with Crippen molar-refractivity contribution in [2.45, 2.75) is 13.0 Å². The third-order valence-electron chi connectivity index (χ3n) is 2.92. The smallest absolute Gasteiger partial charge is 0.128 e. The molecule has 5 heteroatoms. The number of benzene rings is 2. The summed E-state index contributed by atoms with van der Waals surface area (Å²) in [7, 11) is 0. The number of hydrogen-bond acceptors (Lipinski definition) is 2. The number of nitrogens with two attached hydrogens (primary N) is 1. The second kappa shape index (κ2) is 5.88. The summed E-state index contributed by atoms with van der Waals surface area (Å²) < 4.78 is 14.0. The molecule has 0 saturated heterocycles. The molecule has 1 unspecified atom stereocenters. The lowest BCUT2D eigenvalue weighted by Crippen LogP contribution is -2.30. The van der Waals surface area contributed by atoms with Crippen LogP contribution in [-0.2, 0) is 0 Å². The molecule has 0 bridgehead atoms. The topological polar surface area (TPSA) is 38.0 Å². The normalized spacial score (nSPS) is 12.5. The Morgan fingerprint density at radius 1 is 1.16 bits per heavy atom. The molecule has 0 amide bonds. The zero-order valence-corrected chi connectivity index (χ0v) is 11.8. The van der Waals surface area contributed by atoms with Crippen molar-refractivity contribution in [3.63, 3.8) is 0 Å². The van der Waals surface area contributed by atoms with E-state index in [1.807, 2.05) is 6.92 Å². The molecule has 2 aromatic rings. The van der Waals surface area contributed by atoms with Crippen LogP contribution in [0.3, 0.4) is 0 Å². The fraction of sp³-hybridized carbons (Fsp3) is 0.143. The van der Waals surface area contributed by atoms with Gasteiger partial charge in [0.1, 0.15) is 5.82 Å². The van der Waals surface area contributed by atoms with Gasteiger partial charge in [0.25, 0.3) is 0 Å². The minimum atomic E-state index is -0.596. The Hall–Kier alpha value is -1.13. The van der Waals surface area contributed by atoms with E-state index in [1.165, 1.54) is 6.07 Å². The van der Waals surface area contributed by atoms with Crippen LogP contribution in [0.2, 0.25) is 10.0 Å². The molecular weight excluding hydrogens is 286 g/mol. The highest BCUT2D eigenvalue weighted by Crippen LogP contribution is 2.34. The van der Waals surface area contributed by atoms with Gasteiger partial charge in [-0.05, 0) is 25.1 Å². The third-order valence-corrected chi connectivity index (χ3v) is 3.58. The number of aryl methyl sites for hydroxylation is 1. The highest BCUT2D eigenvalue weighted by atomic mass is 35.5. The molecule has 0 fully saturated rings. The van der Waals surface area contributed by atoms with Gasteiger partial charge in [-0.15, -0.1) is 0 Å². The van der Waals surface area contributed by atoms with E-state index in [9.17, 15) is 4.39 Å². The van der Waals surface area contributed by atoms with Crippen LogP contribution in [0.1, 0.15) is 22.7 Å². The predicted molar refractivity (Wildman–Crippen MR) is 76.8 cm³/mol. The van der Waals surface area contributed by atoms with Crippen molar-refractivity contribution in [1.29, 1.82) is 0 Å². The molecule has 19 heavy (non-hydrogen) atoms. The van der Waals surface area contributed by atoms with Gasteiger partial charge in [-0.1, -0.05) is 47.0 Å². The summed E-state index contributed by atoms with van der Waals surface area (Å²) in [6.07, 6.45) is 0. The van der Waals surface area contributed by atoms with Crippen LogP contribution in [0.25, 0.3) is 0 Å². The van der Waals surface area contributed by atoms with Crippen LogP contribution < -0.4 is 11.3 Å². The van der Waals surface area contributed by atoms with Gasteiger partial charge in [-0.2, -0.15) is 0 Å². The van der Waals surface area contributed by atoms with Crippen molar-refractivity contribution in [2.24, 2.45) is 5.84 Å². The minimum Gasteiger partial charge on any atom is -0.271 e. The van der Waals surface area contributed by atoms with E-state index in [-0.39, 0.29) is 5.82 Å². The molecule has 2 rings (SSSR count). The highest BCUT2D eigenvalue weighted by molar-refractivity contribution is 6.36. The summed E-state index contributed by atoms with van der Waals surface area (Å²) in [4.78, 5) is 0. The Labute approximate surface area is 121 Å². The summed E-state index contributed by atoms with van der Waals surface area (Å²) in [6.45, 7) is 1.88. The monoisotopic (exact) mass is 298 g/mol. The number of hydrazine groups is 1. The number of nitrogens with one attached hydrogen (secondary N) is 1. The molecule has 0 aliphatic rings. The maximum atomic E-state index is 14.0. The molecule has 0 radical (unpaired) electrons. The maximum absolute atomic E-state index is 14.0. The lowest BCUT2D eigenvalue weighted by molar-refractivity contribution is 0.560. The standard InChI is InChI=1S/C14H13Cl2FN2/c1-8-5-6-12(17)9(7-8)14(19-18)13-10(15)3-2-4-11(13)16/h2-7,14,19H,18H2,1H3. The molecular formula is C14H13Cl2FN2. The summed E-state index contributed by atoms with van der Waals surface area (Å²) >= 11 is 12.3. The second-order valence-corrected chi connectivity index (χ2v) is 5.07. The molecule has 100 valence electrons. The van der Waals surface area contributed by atoms with Gasteiger partial charge in [0.15, 0.2) is 0 Å². The second-order valence-electron chi connectivity index (χ2n) is 4.26. The van der Waals surface area contributed by atoms with E-state index >= 15 is 0 Å². The largest absolute Gasteiger partial charge is 0.271 e. The molecule has 0 aliphatic carbocycles. The third kappa shape index (κ3) is 2.90. The lowest BCUT2D eigenvalue weighted by Gasteiger charge is -2.20. The van der Waals surface area contributed by atoms with Crippen LogP contribution in [0.4, 0.5) is 4.39 Å². The van der Waals surface area contributed by atoms with Gasteiger partial charge >= 0.3 is 0 Å². The van der Waals surface area contributed by atoms with Crippen molar-refractivity contribution in [1.82, 2.24) is 5.43 Å². The van der Waals surface area contributed by atoms with Gasteiger partial charge in [-0.3, -0.25) is 5.84 Å². The molecule has 0 aliphatic heterocycles. The summed E-state index contributed by atoms with van der Waals surface area (Å²) in [5.74, 6) is 5.20. The van der Waals surface area contributed by atoms with Gasteiger partial charge in [0, 0.05) is 21.2 Å². The van der Waals surface area contributed by atoms with Crippen LogP contribution in [-0.4, -0.2) is 0 Å². The van der Waals surface area contributed by atoms with E-state index < -0.39 is 6.04 Å². The first-order valence-corrected chi connectivity index (χ1v) is 6.46. The Morgan fingerprint density at radius 3 is 2.37 bits per heavy atom. The van der Waals surface area contributed by atoms with Gasteiger partial charge < -0.3 is 0 Å². The van der Waals surface area contributed by atoms with Crippen molar-refractivity contribution in [3.8, 4) is 0 Å². The van der Waals surface area contributed by atoms with Crippen LogP contribution in [0.15, 0.2) is 36.4 Å². The van der Waals surface area contributed by atoms with Crippen molar-refractivity contribution in [3.05, 3.63) is 69.0 Å². The average molecular weight is 299 g/mol. The first kappa shape index (κ1) is 14.3. The Balaban J connectivity index is 2.59. The van der Waals surface area contributed by atoms with Gasteiger partial charge in [-0.25, -0.2) is 9.82 Å². The minimum absolute atomic E-state index is 0.357. The first-order chi connectivity index (χ1) is 9.04. The first-order valence-electron chi connectivity index (χ1n) is 5.70. The SMILES string of the molecule is Cc1ccc(F)c(C(NN)c2c(Cl)cccc2Cl)c1. The molecule has 0 heterocycles. The van der Waals surface area contributed by atoms with E-state index in [0.29, 0.717) is 21.2 Å². The van der Waals surface area contributed by atoms with Crippen molar-refractivity contribution in [2.75, 3.05) is 0 Å². The zero-order chi connectivity index (χ0) is 14.0. The summed E-state index contributed by atoms with van der Waals surface area (Å²) in [5.41, 5.74) is 4.49. The molecule has 1 atom stereocenters. The fourth-order valence-electron chi connectivity index (χ4n) is 2.00. The summed E-state index contributed by atoms with van der Waals surface area (Å²) in [5, 5.41) is 0.882. The number of hydrogen-bond donors (Lipinski definition) is 2. The number of halogens is 3. The molecule has 3 N–H and O–H groups in total. The highest BCUT2D eigenvalue weighted by Gasteiger charge is 2.21. The lowest BCUT2D eigenvalue weighted by atomic mass is 9.97. The summed E-state index contributed by atoms with van der Waals surface area (Å²) in [6, 6.07) is 9.34. The van der Waals surface area contributed by atoms with Gasteiger partial charge in [0.05, 0.1) is 6.04 Å². The van der Waals surface area contributed by atoms with Crippen molar-refractivity contribution >= 4 is 23.2 Å². The molecule has 2 aromatic carbocycles. The fourth-order valence-corrected chi connectivity index (χ4v) is 2.62. The molecule has 0 spiro atoms. The maximum Gasteiger partial charge on any atom is 0.128 e. The zero-order valence-electron chi connectivity index (χ0n) is 10.3. The molecule has 0 aromatic heterocycles. The van der Waals surface area contributed by atoms with E-state index in [1.54, 1.807) is 30.3 Å². The molecule has 0 saturated carbocycles. The Kier molecular flexibility index (Phi) is 4.42. The van der Waals surface area contributed by atoms with Crippen LogP contribution in [0.5, 0.6) is 0 Å².